The van der Waals surface area contributed by atoms with Gasteiger partial charge in [-0.25, -0.2) is 0 Å². The van der Waals surface area contributed by atoms with Gasteiger partial charge in [0.05, 0.1) is 45.6 Å². The van der Waals surface area contributed by atoms with Crippen LogP contribution in [-0.2, 0) is 0 Å². The second-order valence-corrected chi connectivity index (χ2v) is 8.81. The van der Waals surface area contributed by atoms with Crippen LogP contribution in [0.5, 0.6) is 23.0 Å². The number of piperidine rings is 1. The van der Waals surface area contributed by atoms with E-state index in [9.17, 15) is 9.90 Å². The SMILES string of the molecule is COc1ccccc1C(=O)N1CC[C@@]2(O)CCCC[C@H]2[C@@H]1c1cc(OC)c(OC)c(OC)c1. The Morgan fingerprint density at radius 2 is 1.61 bits per heavy atom. The maximum absolute atomic E-state index is 13.9. The van der Waals surface area contributed by atoms with Crippen LogP contribution in [0.4, 0.5) is 0 Å². The molecule has 1 saturated carbocycles. The van der Waals surface area contributed by atoms with E-state index < -0.39 is 5.60 Å². The smallest absolute Gasteiger partial charge is 0.258 e. The van der Waals surface area contributed by atoms with Crippen molar-refractivity contribution in [3.05, 3.63) is 47.5 Å². The standard InChI is InChI=1S/C26H33NO6/c1-30-20-11-6-5-9-18(20)25(28)27-14-13-26(29)12-8-7-10-19(26)23(27)17-15-21(31-2)24(33-4)22(16-17)32-3/h5-6,9,11,15-16,19,23,29H,7-8,10,12-14H2,1-4H3/t19-,23-,26-/m0/s1. The summed E-state index contributed by atoms with van der Waals surface area (Å²) in [6, 6.07) is 10.7. The third-order valence-electron chi connectivity index (χ3n) is 7.19. The van der Waals surface area contributed by atoms with E-state index in [2.05, 4.69) is 0 Å². The molecule has 1 N–H and O–H groups in total. The van der Waals surface area contributed by atoms with Gasteiger partial charge in [-0.15, -0.1) is 0 Å². The molecule has 0 bridgehead atoms. The van der Waals surface area contributed by atoms with Gasteiger partial charge in [0.2, 0.25) is 5.75 Å². The first-order valence-electron chi connectivity index (χ1n) is 11.4. The highest BCUT2D eigenvalue weighted by atomic mass is 16.5. The van der Waals surface area contributed by atoms with E-state index in [0.29, 0.717) is 41.5 Å². The number of para-hydroxylation sites is 1. The fourth-order valence-corrected chi connectivity index (χ4v) is 5.57. The minimum Gasteiger partial charge on any atom is -0.496 e. The molecule has 1 saturated heterocycles. The van der Waals surface area contributed by atoms with Crippen molar-refractivity contribution >= 4 is 5.91 Å². The molecular formula is C26H33NO6. The highest BCUT2D eigenvalue weighted by Crippen LogP contribution is 2.52. The molecule has 7 heteroatoms. The molecule has 0 aromatic heterocycles. The Kier molecular flexibility index (Phi) is 6.70. The summed E-state index contributed by atoms with van der Waals surface area (Å²) in [5.74, 6) is 1.89. The van der Waals surface area contributed by atoms with Crippen LogP contribution in [0.2, 0.25) is 0 Å². The number of rotatable bonds is 6. The molecule has 7 nitrogen and oxygen atoms in total. The lowest BCUT2D eigenvalue weighted by Gasteiger charge is -2.52. The number of likely N-dealkylation sites (tertiary alicyclic amines) is 1. The molecule has 2 aliphatic rings. The van der Waals surface area contributed by atoms with Crippen molar-refractivity contribution < 1.29 is 28.8 Å². The molecule has 1 amide bonds. The minimum absolute atomic E-state index is 0.0959. The van der Waals surface area contributed by atoms with Gasteiger partial charge in [-0.05, 0) is 49.1 Å². The number of hydrogen-bond acceptors (Lipinski definition) is 6. The third kappa shape index (κ3) is 4.10. The molecule has 33 heavy (non-hydrogen) atoms. The Hall–Kier alpha value is -2.93. The summed E-state index contributed by atoms with van der Waals surface area (Å²) in [6.07, 6.45) is 4.16. The maximum atomic E-state index is 13.9. The van der Waals surface area contributed by atoms with Crippen molar-refractivity contribution in [3.8, 4) is 23.0 Å². The highest BCUT2D eigenvalue weighted by Gasteiger charge is 2.50. The predicted octanol–water partition coefficient (Wildman–Crippen LogP) is 4.23. The zero-order valence-electron chi connectivity index (χ0n) is 19.8. The van der Waals surface area contributed by atoms with Crippen molar-refractivity contribution in [3.63, 3.8) is 0 Å². The van der Waals surface area contributed by atoms with Gasteiger partial charge in [0.1, 0.15) is 5.75 Å². The van der Waals surface area contributed by atoms with Crippen LogP contribution in [0.1, 0.15) is 54.1 Å². The van der Waals surface area contributed by atoms with Gasteiger partial charge in [0, 0.05) is 12.5 Å². The summed E-state index contributed by atoms with van der Waals surface area (Å²) < 4.78 is 22.2. The summed E-state index contributed by atoms with van der Waals surface area (Å²) in [5.41, 5.74) is 0.567. The zero-order chi connectivity index (χ0) is 23.6. The van der Waals surface area contributed by atoms with E-state index in [4.69, 9.17) is 18.9 Å². The van der Waals surface area contributed by atoms with Crippen LogP contribution < -0.4 is 18.9 Å². The molecule has 4 rings (SSSR count). The van der Waals surface area contributed by atoms with Gasteiger partial charge >= 0.3 is 0 Å². The lowest BCUT2D eigenvalue weighted by molar-refractivity contribution is -0.115. The van der Waals surface area contributed by atoms with Gasteiger partial charge < -0.3 is 29.0 Å². The van der Waals surface area contributed by atoms with E-state index in [1.165, 1.54) is 0 Å². The molecule has 178 valence electrons. The summed E-state index contributed by atoms with van der Waals surface area (Å²) in [5, 5.41) is 11.6. The predicted molar refractivity (Wildman–Crippen MR) is 124 cm³/mol. The van der Waals surface area contributed by atoms with E-state index in [-0.39, 0.29) is 17.9 Å². The first kappa shape index (κ1) is 23.2. The number of carbonyl (C=O) groups is 1. The number of aliphatic hydroxyl groups is 1. The van der Waals surface area contributed by atoms with Crippen LogP contribution >= 0.6 is 0 Å². The number of fused-ring (bicyclic) bond motifs is 1. The monoisotopic (exact) mass is 455 g/mol. The van der Waals surface area contributed by atoms with Gasteiger partial charge in [-0.2, -0.15) is 0 Å². The van der Waals surface area contributed by atoms with Crippen LogP contribution in [0, 0.1) is 5.92 Å². The summed E-state index contributed by atoms with van der Waals surface area (Å²) >= 11 is 0. The summed E-state index contributed by atoms with van der Waals surface area (Å²) in [7, 11) is 6.30. The Labute approximate surface area is 195 Å². The molecule has 1 heterocycles. The van der Waals surface area contributed by atoms with Gasteiger partial charge in [-0.1, -0.05) is 25.0 Å². The quantitative estimate of drug-likeness (QED) is 0.703. The van der Waals surface area contributed by atoms with Crippen molar-refractivity contribution in [1.82, 2.24) is 4.90 Å². The molecule has 0 unspecified atom stereocenters. The van der Waals surface area contributed by atoms with Gasteiger partial charge in [0.25, 0.3) is 5.91 Å². The van der Waals surface area contributed by atoms with Crippen LogP contribution in [0.3, 0.4) is 0 Å². The van der Waals surface area contributed by atoms with Crippen molar-refractivity contribution in [1.29, 1.82) is 0 Å². The molecule has 2 aromatic carbocycles. The summed E-state index contributed by atoms with van der Waals surface area (Å²) in [4.78, 5) is 15.7. The van der Waals surface area contributed by atoms with Crippen molar-refractivity contribution in [2.45, 2.75) is 43.7 Å². The second kappa shape index (κ2) is 9.51. The van der Waals surface area contributed by atoms with Gasteiger partial charge in [-0.3, -0.25) is 4.79 Å². The summed E-state index contributed by atoms with van der Waals surface area (Å²) in [6.45, 7) is 0.450. The molecule has 0 spiro atoms. The number of carbonyl (C=O) groups excluding carboxylic acids is 1. The second-order valence-electron chi connectivity index (χ2n) is 8.81. The molecular weight excluding hydrogens is 422 g/mol. The first-order chi connectivity index (χ1) is 16.0. The Morgan fingerprint density at radius 3 is 2.24 bits per heavy atom. The molecule has 2 aromatic rings. The first-order valence-corrected chi connectivity index (χ1v) is 11.4. The lowest BCUT2D eigenvalue weighted by Crippen LogP contribution is -2.56. The number of benzene rings is 2. The molecule has 0 radical (unpaired) electrons. The van der Waals surface area contributed by atoms with E-state index in [1.54, 1.807) is 40.6 Å². The average Bonchev–Trinajstić information content (AvgIpc) is 2.86. The number of hydrogen-bond donors (Lipinski definition) is 1. The fourth-order valence-electron chi connectivity index (χ4n) is 5.57. The normalized spacial score (nSPS) is 24.6. The molecule has 1 aliphatic carbocycles. The van der Waals surface area contributed by atoms with Crippen LogP contribution in [-0.4, -0.2) is 56.5 Å². The van der Waals surface area contributed by atoms with Crippen molar-refractivity contribution in [2.24, 2.45) is 5.92 Å². The maximum Gasteiger partial charge on any atom is 0.258 e. The van der Waals surface area contributed by atoms with E-state index >= 15 is 0 Å². The Morgan fingerprint density at radius 1 is 0.939 bits per heavy atom. The Bertz CT molecular complexity index is 983. The van der Waals surface area contributed by atoms with E-state index in [0.717, 1.165) is 31.2 Å². The molecule has 2 fully saturated rings. The van der Waals surface area contributed by atoms with Crippen LogP contribution in [0.25, 0.3) is 0 Å². The topological polar surface area (TPSA) is 77.5 Å². The lowest BCUT2D eigenvalue weighted by atomic mass is 9.66. The average molecular weight is 456 g/mol. The Balaban J connectivity index is 1.85. The third-order valence-corrected chi connectivity index (χ3v) is 7.19. The highest BCUT2D eigenvalue weighted by molar-refractivity contribution is 5.97. The number of nitrogens with zero attached hydrogens (tertiary/aromatic N) is 1. The fraction of sp³-hybridized carbons (Fsp3) is 0.500. The minimum atomic E-state index is -0.805. The number of ether oxygens (including phenoxy) is 4. The van der Waals surface area contributed by atoms with Crippen molar-refractivity contribution in [2.75, 3.05) is 35.0 Å². The molecule has 1 aliphatic heterocycles. The molecule has 3 atom stereocenters. The largest absolute Gasteiger partial charge is 0.496 e. The number of methoxy groups -OCH3 is 4. The number of amides is 1. The van der Waals surface area contributed by atoms with Gasteiger partial charge in [0.15, 0.2) is 11.5 Å². The van der Waals surface area contributed by atoms with E-state index in [1.807, 2.05) is 29.2 Å². The van der Waals surface area contributed by atoms with Crippen LogP contribution in [0.15, 0.2) is 36.4 Å². The zero-order valence-corrected chi connectivity index (χ0v) is 19.8.